The highest BCUT2D eigenvalue weighted by molar-refractivity contribution is 6.01. The van der Waals surface area contributed by atoms with E-state index in [2.05, 4.69) is 5.16 Å². The van der Waals surface area contributed by atoms with Crippen molar-refractivity contribution in [2.45, 2.75) is 31.9 Å². The van der Waals surface area contributed by atoms with Crippen LogP contribution in [-0.4, -0.2) is 29.2 Å². The first kappa shape index (κ1) is 16.8. The Morgan fingerprint density at radius 3 is 2.58 bits per heavy atom. The number of oxime groups is 1. The Morgan fingerprint density at radius 1 is 1.12 bits per heavy atom. The van der Waals surface area contributed by atoms with Gasteiger partial charge >= 0.3 is 0 Å². The molecule has 134 valence electrons. The molecular formula is C21H21FN2O2. The van der Waals surface area contributed by atoms with Crippen LogP contribution in [0.4, 0.5) is 4.39 Å². The maximum absolute atomic E-state index is 14.0. The number of hydrogen-bond donors (Lipinski definition) is 0. The third-order valence-electron chi connectivity index (χ3n) is 4.82. The Morgan fingerprint density at radius 2 is 1.85 bits per heavy atom. The highest BCUT2D eigenvalue weighted by Crippen LogP contribution is 2.32. The van der Waals surface area contributed by atoms with Gasteiger partial charge in [0, 0.05) is 24.4 Å². The lowest BCUT2D eigenvalue weighted by atomic mass is 10.0. The van der Waals surface area contributed by atoms with E-state index in [0.29, 0.717) is 18.5 Å². The molecule has 0 radical (unpaired) electrons. The number of halogens is 1. The van der Waals surface area contributed by atoms with Crippen molar-refractivity contribution < 1.29 is 14.0 Å². The summed E-state index contributed by atoms with van der Waals surface area (Å²) in [5.74, 6) is -0.114. The molecule has 1 atom stereocenters. The Bertz CT molecular complexity index is 818. The molecule has 0 N–H and O–H groups in total. The predicted molar refractivity (Wildman–Crippen MR) is 97.0 cm³/mol. The van der Waals surface area contributed by atoms with Gasteiger partial charge in [-0.25, -0.2) is 4.39 Å². The summed E-state index contributed by atoms with van der Waals surface area (Å²) in [6, 6.07) is 16.5. The maximum atomic E-state index is 14.0. The predicted octanol–water partition coefficient (Wildman–Crippen LogP) is 3.76. The summed E-state index contributed by atoms with van der Waals surface area (Å²) < 4.78 is 14.0. The first-order chi connectivity index (χ1) is 12.7. The van der Waals surface area contributed by atoms with Crippen molar-refractivity contribution in [3.63, 3.8) is 0 Å². The first-order valence-corrected chi connectivity index (χ1v) is 9.01. The highest BCUT2D eigenvalue weighted by atomic mass is 19.1. The number of hydrogen-bond acceptors (Lipinski definition) is 3. The first-order valence-electron chi connectivity index (χ1n) is 9.01. The van der Waals surface area contributed by atoms with Gasteiger partial charge in [0.2, 0.25) is 5.91 Å². The Labute approximate surface area is 152 Å². The van der Waals surface area contributed by atoms with E-state index in [4.69, 9.17) is 4.84 Å². The Hall–Kier alpha value is -2.69. The minimum Gasteiger partial charge on any atom is -0.390 e. The molecule has 0 saturated heterocycles. The van der Waals surface area contributed by atoms with E-state index in [1.165, 1.54) is 6.07 Å². The molecule has 1 aliphatic heterocycles. The van der Waals surface area contributed by atoms with Crippen molar-refractivity contribution in [2.75, 3.05) is 6.54 Å². The van der Waals surface area contributed by atoms with Gasteiger partial charge in [0.1, 0.15) is 5.82 Å². The summed E-state index contributed by atoms with van der Waals surface area (Å²) in [4.78, 5) is 20.0. The zero-order valence-corrected chi connectivity index (χ0v) is 14.5. The SMILES string of the molecule is O=C(C1CC1)N(Cc1ccccc1F)C[C@H]1CC(c2ccccc2)=NO1. The van der Waals surface area contributed by atoms with E-state index in [9.17, 15) is 9.18 Å². The van der Waals surface area contributed by atoms with Crippen LogP contribution in [0.25, 0.3) is 0 Å². The lowest BCUT2D eigenvalue weighted by Gasteiger charge is -2.25. The molecule has 0 unspecified atom stereocenters. The quantitative estimate of drug-likeness (QED) is 0.794. The summed E-state index contributed by atoms with van der Waals surface area (Å²) in [5.41, 5.74) is 2.45. The average Bonchev–Trinajstić information content (AvgIpc) is 3.42. The van der Waals surface area contributed by atoms with Crippen LogP contribution in [0.3, 0.4) is 0 Å². The van der Waals surface area contributed by atoms with Crippen molar-refractivity contribution in [3.05, 3.63) is 71.5 Å². The maximum Gasteiger partial charge on any atom is 0.226 e. The van der Waals surface area contributed by atoms with Gasteiger partial charge in [-0.15, -0.1) is 0 Å². The monoisotopic (exact) mass is 352 g/mol. The number of carbonyl (C=O) groups is 1. The van der Waals surface area contributed by atoms with Crippen molar-refractivity contribution in [3.8, 4) is 0 Å². The molecule has 0 bridgehead atoms. The van der Waals surface area contributed by atoms with Crippen LogP contribution < -0.4 is 0 Å². The van der Waals surface area contributed by atoms with E-state index in [0.717, 1.165) is 24.1 Å². The van der Waals surface area contributed by atoms with Gasteiger partial charge in [-0.3, -0.25) is 4.79 Å². The smallest absolute Gasteiger partial charge is 0.226 e. The summed E-state index contributed by atoms with van der Waals surface area (Å²) in [7, 11) is 0. The molecule has 0 aromatic heterocycles. The molecule has 26 heavy (non-hydrogen) atoms. The number of benzene rings is 2. The van der Waals surface area contributed by atoms with E-state index in [1.807, 2.05) is 30.3 Å². The van der Waals surface area contributed by atoms with Gasteiger partial charge < -0.3 is 9.74 Å². The lowest BCUT2D eigenvalue weighted by molar-refractivity contribution is -0.135. The molecule has 1 amide bonds. The minimum atomic E-state index is -0.283. The van der Waals surface area contributed by atoms with Crippen molar-refractivity contribution in [1.82, 2.24) is 4.90 Å². The van der Waals surface area contributed by atoms with Gasteiger partial charge in [0.15, 0.2) is 6.10 Å². The Balaban J connectivity index is 1.44. The third kappa shape index (κ3) is 3.77. The molecule has 2 aliphatic rings. The summed E-state index contributed by atoms with van der Waals surface area (Å²) in [6.45, 7) is 0.687. The molecular weight excluding hydrogens is 331 g/mol. The number of nitrogens with zero attached hydrogens (tertiary/aromatic N) is 2. The van der Waals surface area contributed by atoms with E-state index < -0.39 is 0 Å². The molecule has 2 aromatic rings. The summed E-state index contributed by atoms with van der Waals surface area (Å²) in [5, 5.41) is 4.19. The number of amides is 1. The van der Waals surface area contributed by atoms with Crippen LogP contribution in [0.15, 0.2) is 59.8 Å². The summed E-state index contributed by atoms with van der Waals surface area (Å²) in [6.07, 6.45) is 2.29. The second kappa shape index (κ2) is 7.28. The van der Waals surface area contributed by atoms with Gasteiger partial charge in [-0.05, 0) is 24.5 Å². The van der Waals surface area contributed by atoms with Gasteiger partial charge in [0.05, 0.1) is 12.3 Å². The molecule has 1 fully saturated rings. The van der Waals surface area contributed by atoms with Gasteiger partial charge in [0.25, 0.3) is 0 Å². The fourth-order valence-electron chi connectivity index (χ4n) is 3.23. The average molecular weight is 352 g/mol. The van der Waals surface area contributed by atoms with Crippen LogP contribution in [0.1, 0.15) is 30.4 Å². The van der Waals surface area contributed by atoms with Crippen LogP contribution in [0.5, 0.6) is 0 Å². The summed E-state index contributed by atoms with van der Waals surface area (Å²) >= 11 is 0. The molecule has 1 heterocycles. The van der Waals surface area contributed by atoms with Crippen molar-refractivity contribution in [2.24, 2.45) is 11.1 Å². The fraction of sp³-hybridized carbons (Fsp3) is 0.333. The number of carbonyl (C=O) groups excluding carboxylic acids is 1. The fourth-order valence-corrected chi connectivity index (χ4v) is 3.23. The zero-order chi connectivity index (χ0) is 17.9. The molecule has 1 saturated carbocycles. The van der Waals surface area contributed by atoms with Gasteiger partial charge in [-0.2, -0.15) is 0 Å². The second-order valence-electron chi connectivity index (χ2n) is 6.92. The van der Waals surface area contributed by atoms with Crippen LogP contribution in [0, 0.1) is 11.7 Å². The molecule has 0 spiro atoms. The van der Waals surface area contributed by atoms with E-state index in [-0.39, 0.29) is 30.3 Å². The standard InChI is InChI=1S/C21H21FN2O2/c22-19-9-5-4-8-17(19)13-24(21(25)16-10-11-16)14-18-12-20(23-26-18)15-6-2-1-3-7-15/h1-9,16,18H,10-14H2/t18-/m1/s1. The van der Waals surface area contributed by atoms with Crippen molar-refractivity contribution in [1.29, 1.82) is 0 Å². The third-order valence-corrected chi connectivity index (χ3v) is 4.82. The molecule has 4 nitrogen and oxygen atoms in total. The van der Waals surface area contributed by atoms with Crippen LogP contribution >= 0.6 is 0 Å². The molecule has 5 heteroatoms. The lowest BCUT2D eigenvalue weighted by Crippen LogP contribution is -2.38. The van der Waals surface area contributed by atoms with E-state index in [1.54, 1.807) is 23.1 Å². The Kier molecular flexibility index (Phi) is 4.69. The van der Waals surface area contributed by atoms with Crippen molar-refractivity contribution >= 4 is 11.6 Å². The van der Waals surface area contributed by atoms with E-state index >= 15 is 0 Å². The minimum absolute atomic E-state index is 0.0812. The van der Waals surface area contributed by atoms with Crippen LogP contribution in [0.2, 0.25) is 0 Å². The largest absolute Gasteiger partial charge is 0.390 e. The molecule has 4 rings (SSSR count). The molecule has 2 aromatic carbocycles. The zero-order valence-electron chi connectivity index (χ0n) is 14.5. The molecule has 1 aliphatic carbocycles. The normalized spacial score (nSPS) is 19.0. The van der Waals surface area contributed by atoms with Gasteiger partial charge in [-0.1, -0.05) is 53.7 Å². The van der Waals surface area contributed by atoms with Crippen LogP contribution in [-0.2, 0) is 16.2 Å². The number of rotatable bonds is 6. The highest BCUT2D eigenvalue weighted by Gasteiger charge is 2.36. The second-order valence-corrected chi connectivity index (χ2v) is 6.92. The topological polar surface area (TPSA) is 41.9 Å².